The van der Waals surface area contributed by atoms with Gasteiger partial charge in [0.1, 0.15) is 12.1 Å². The van der Waals surface area contributed by atoms with Gasteiger partial charge in [-0.05, 0) is 13.3 Å². The minimum absolute atomic E-state index is 0.322. The molecule has 0 aromatic carbocycles. The van der Waals surface area contributed by atoms with Crippen molar-refractivity contribution >= 4 is 23.8 Å². The Kier molecular flexibility index (Phi) is 8.77. The van der Waals surface area contributed by atoms with Crippen LogP contribution in [0.3, 0.4) is 0 Å². The molecule has 0 saturated carbocycles. The van der Waals surface area contributed by atoms with Gasteiger partial charge in [-0.15, -0.1) is 0 Å². The summed E-state index contributed by atoms with van der Waals surface area (Å²) in [4.78, 5) is 45.2. The van der Waals surface area contributed by atoms with Crippen LogP contribution < -0.4 is 16.4 Å². The Morgan fingerprint density at radius 3 is 2.04 bits per heavy atom. The maximum absolute atomic E-state index is 12.0. The zero-order valence-electron chi connectivity index (χ0n) is 12.4. The van der Waals surface area contributed by atoms with Crippen LogP contribution in [-0.2, 0) is 19.2 Å². The average Bonchev–Trinajstić information content (AvgIpc) is 2.46. The van der Waals surface area contributed by atoms with Crippen molar-refractivity contribution in [2.24, 2.45) is 5.73 Å². The molecule has 0 radical (unpaired) electrons. The van der Waals surface area contributed by atoms with E-state index in [0.29, 0.717) is 0 Å². The summed E-state index contributed by atoms with van der Waals surface area (Å²) in [5, 5.41) is 39.8. The van der Waals surface area contributed by atoms with Crippen molar-refractivity contribution in [1.82, 2.24) is 10.6 Å². The second kappa shape index (κ2) is 9.71. The highest BCUT2D eigenvalue weighted by molar-refractivity contribution is 5.92. The maximum atomic E-state index is 12.0. The summed E-state index contributed by atoms with van der Waals surface area (Å²) in [6, 6.07) is -4.32. The number of nitrogens with two attached hydrogens (primary N) is 1. The lowest BCUT2D eigenvalue weighted by Crippen LogP contribution is -2.57. The molecule has 0 aromatic heterocycles. The van der Waals surface area contributed by atoms with E-state index in [1.165, 1.54) is 0 Å². The number of aliphatic hydroxyl groups excluding tert-OH is 2. The van der Waals surface area contributed by atoms with E-state index in [0.717, 1.165) is 6.92 Å². The molecule has 0 aromatic rings. The van der Waals surface area contributed by atoms with Gasteiger partial charge in [0.25, 0.3) is 0 Å². The Hall–Kier alpha value is -2.24. The summed E-state index contributed by atoms with van der Waals surface area (Å²) in [5.74, 6) is -4.61. The molecule has 4 atom stereocenters. The van der Waals surface area contributed by atoms with Crippen LogP contribution in [-0.4, -0.2) is 75.0 Å². The quantitative estimate of drug-likeness (QED) is 0.212. The van der Waals surface area contributed by atoms with Gasteiger partial charge in [0.15, 0.2) is 6.04 Å². The zero-order chi connectivity index (χ0) is 18.2. The molecule has 23 heavy (non-hydrogen) atoms. The van der Waals surface area contributed by atoms with Crippen molar-refractivity contribution in [3.8, 4) is 0 Å². The van der Waals surface area contributed by atoms with Crippen LogP contribution in [0.25, 0.3) is 0 Å². The van der Waals surface area contributed by atoms with Gasteiger partial charge in [-0.25, -0.2) is 4.79 Å². The summed E-state index contributed by atoms with van der Waals surface area (Å²) in [5.41, 5.74) is 5.27. The zero-order valence-corrected chi connectivity index (χ0v) is 12.4. The molecule has 11 nitrogen and oxygen atoms in total. The number of carbonyl (C=O) groups excluding carboxylic acids is 2. The van der Waals surface area contributed by atoms with Gasteiger partial charge in [0.05, 0.1) is 12.7 Å². The number of hydrogen-bond acceptors (Lipinski definition) is 7. The van der Waals surface area contributed by atoms with Gasteiger partial charge in [0, 0.05) is 6.42 Å². The number of rotatable bonds is 10. The van der Waals surface area contributed by atoms with Crippen molar-refractivity contribution in [3.63, 3.8) is 0 Å². The van der Waals surface area contributed by atoms with Gasteiger partial charge in [0.2, 0.25) is 11.8 Å². The average molecular weight is 335 g/mol. The Bertz CT molecular complexity index is 454. The number of carboxylic acids is 2. The molecule has 8 N–H and O–H groups in total. The minimum Gasteiger partial charge on any atom is -0.481 e. The topological polar surface area (TPSA) is 199 Å². The highest BCUT2D eigenvalue weighted by Gasteiger charge is 2.30. The molecule has 0 spiro atoms. The molecule has 0 heterocycles. The summed E-state index contributed by atoms with van der Waals surface area (Å²) in [6.45, 7) is 0.454. The lowest BCUT2D eigenvalue weighted by molar-refractivity contribution is -0.145. The van der Waals surface area contributed by atoms with Gasteiger partial charge in [-0.2, -0.15) is 0 Å². The number of nitrogens with one attached hydrogen (secondary N) is 2. The number of aliphatic carboxylic acids is 2. The Morgan fingerprint density at radius 1 is 1.09 bits per heavy atom. The van der Waals surface area contributed by atoms with E-state index in [4.69, 9.17) is 21.1 Å². The minimum atomic E-state index is -1.63. The molecular weight excluding hydrogens is 314 g/mol. The number of aliphatic hydroxyl groups is 2. The Morgan fingerprint density at radius 2 is 1.65 bits per heavy atom. The van der Waals surface area contributed by atoms with Gasteiger partial charge in [-0.3, -0.25) is 14.4 Å². The van der Waals surface area contributed by atoms with E-state index in [1.54, 1.807) is 0 Å². The summed E-state index contributed by atoms with van der Waals surface area (Å²) >= 11 is 0. The third-order valence-electron chi connectivity index (χ3n) is 2.86. The Balaban J connectivity index is 5.02. The van der Waals surface area contributed by atoms with Crippen LogP contribution in [0, 0.1) is 0 Å². The van der Waals surface area contributed by atoms with E-state index in [-0.39, 0.29) is 6.42 Å². The van der Waals surface area contributed by atoms with Crippen molar-refractivity contribution in [2.75, 3.05) is 6.61 Å². The predicted octanol–water partition coefficient (Wildman–Crippen LogP) is -3.39. The first-order chi connectivity index (χ1) is 10.6. The van der Waals surface area contributed by atoms with Gasteiger partial charge >= 0.3 is 11.9 Å². The molecule has 2 amide bonds. The fraction of sp³-hybridized carbons (Fsp3) is 0.667. The third kappa shape index (κ3) is 7.54. The second-order valence-corrected chi connectivity index (χ2v) is 4.85. The second-order valence-electron chi connectivity index (χ2n) is 4.85. The number of amides is 2. The normalized spacial score (nSPS) is 15.8. The number of hydrogen-bond donors (Lipinski definition) is 7. The van der Waals surface area contributed by atoms with E-state index >= 15 is 0 Å². The summed E-state index contributed by atoms with van der Waals surface area (Å²) < 4.78 is 0. The van der Waals surface area contributed by atoms with E-state index in [2.05, 4.69) is 5.32 Å². The molecule has 0 aliphatic heterocycles. The van der Waals surface area contributed by atoms with Crippen LogP contribution in [0.2, 0.25) is 0 Å². The lowest BCUT2D eigenvalue weighted by atomic mass is 10.1. The largest absolute Gasteiger partial charge is 0.481 e. The molecule has 132 valence electrons. The molecular formula is C12H21N3O8. The number of carboxylic acid groups (broad SMARTS) is 2. The summed E-state index contributed by atoms with van der Waals surface area (Å²) in [6.07, 6.45) is -2.21. The van der Waals surface area contributed by atoms with Crippen LogP contribution in [0.1, 0.15) is 19.8 Å². The van der Waals surface area contributed by atoms with Crippen molar-refractivity contribution in [1.29, 1.82) is 0 Å². The van der Waals surface area contributed by atoms with Crippen LogP contribution in [0.15, 0.2) is 0 Å². The van der Waals surface area contributed by atoms with Crippen LogP contribution in [0.5, 0.6) is 0 Å². The Labute approximate surface area is 131 Å². The van der Waals surface area contributed by atoms with Gasteiger partial charge < -0.3 is 36.8 Å². The molecule has 11 heteroatoms. The number of carbonyl (C=O) groups is 4. The fourth-order valence-corrected chi connectivity index (χ4v) is 1.54. The van der Waals surface area contributed by atoms with E-state index in [1.807, 2.05) is 5.32 Å². The lowest BCUT2D eigenvalue weighted by Gasteiger charge is -2.23. The highest BCUT2D eigenvalue weighted by atomic mass is 16.4. The van der Waals surface area contributed by atoms with Crippen LogP contribution >= 0.6 is 0 Å². The van der Waals surface area contributed by atoms with E-state index < -0.39 is 61.0 Å². The standard InChI is InChI=1S/C12H21N3O8/c1-5(17)9(12(22)23)15-11(21)7(2-3-8(18)19)14-10(20)6(13)4-16/h5-7,9,16-17H,2-4,13H2,1H3,(H,14,20)(H,15,21)(H,18,19)(H,22,23)/t5-,6+,7+,9+/m1/s1. The first-order valence-electron chi connectivity index (χ1n) is 6.70. The monoisotopic (exact) mass is 335 g/mol. The van der Waals surface area contributed by atoms with Crippen LogP contribution in [0.4, 0.5) is 0 Å². The first kappa shape index (κ1) is 20.8. The smallest absolute Gasteiger partial charge is 0.328 e. The maximum Gasteiger partial charge on any atom is 0.328 e. The molecule has 0 rings (SSSR count). The van der Waals surface area contributed by atoms with E-state index in [9.17, 15) is 24.3 Å². The van der Waals surface area contributed by atoms with Gasteiger partial charge in [-0.1, -0.05) is 0 Å². The SMILES string of the molecule is C[C@@H](O)[C@H](NC(=O)[C@H](CCC(=O)O)NC(=O)[C@@H](N)CO)C(=O)O. The molecule has 0 aliphatic carbocycles. The van der Waals surface area contributed by atoms with Crippen molar-refractivity contribution in [3.05, 3.63) is 0 Å². The fourth-order valence-electron chi connectivity index (χ4n) is 1.54. The molecule has 0 unspecified atom stereocenters. The molecule has 0 bridgehead atoms. The summed E-state index contributed by atoms with van der Waals surface area (Å²) in [7, 11) is 0. The third-order valence-corrected chi connectivity index (χ3v) is 2.86. The highest BCUT2D eigenvalue weighted by Crippen LogP contribution is 2.02. The molecule has 0 fully saturated rings. The van der Waals surface area contributed by atoms with Crippen molar-refractivity contribution in [2.45, 2.75) is 44.0 Å². The predicted molar refractivity (Wildman–Crippen MR) is 75.1 cm³/mol. The molecule has 0 aliphatic rings. The first-order valence-corrected chi connectivity index (χ1v) is 6.70. The molecule has 0 saturated heterocycles. The van der Waals surface area contributed by atoms with Crippen molar-refractivity contribution < 1.29 is 39.6 Å².